The lowest BCUT2D eigenvalue weighted by Crippen LogP contribution is -2.31. The van der Waals surface area contributed by atoms with E-state index in [2.05, 4.69) is 26.0 Å². The van der Waals surface area contributed by atoms with Gasteiger partial charge in [-0.25, -0.2) is 0 Å². The van der Waals surface area contributed by atoms with Crippen molar-refractivity contribution in [3.05, 3.63) is 35.9 Å². The van der Waals surface area contributed by atoms with Crippen LogP contribution in [0, 0.1) is 0 Å². The number of hydrogen-bond acceptors (Lipinski definition) is 2. The van der Waals surface area contributed by atoms with Crippen LogP contribution >= 0.6 is 0 Å². The van der Waals surface area contributed by atoms with Crippen LogP contribution in [-0.2, 0) is 15.0 Å². The van der Waals surface area contributed by atoms with Crippen molar-refractivity contribution < 1.29 is 9.59 Å². The molecule has 1 heterocycles. The third kappa shape index (κ3) is 5.77. The summed E-state index contributed by atoms with van der Waals surface area (Å²) in [4.78, 5) is 26.3. The number of benzene rings is 1. The van der Waals surface area contributed by atoms with Crippen molar-refractivity contribution in [2.24, 2.45) is 0 Å². The first-order valence-electron chi connectivity index (χ1n) is 9.34. The van der Waals surface area contributed by atoms with E-state index in [1.165, 1.54) is 5.56 Å². The summed E-state index contributed by atoms with van der Waals surface area (Å²) in [6.07, 6.45) is 7.03. The van der Waals surface area contributed by atoms with Gasteiger partial charge in [0, 0.05) is 32.4 Å². The number of carbonyl (C=O) groups is 2. The van der Waals surface area contributed by atoms with Gasteiger partial charge >= 0.3 is 0 Å². The highest BCUT2D eigenvalue weighted by Gasteiger charge is 2.23. The number of likely N-dealkylation sites (tertiary alicyclic amines) is 1. The van der Waals surface area contributed by atoms with Gasteiger partial charge in [0.05, 0.1) is 0 Å². The molecule has 1 fully saturated rings. The highest BCUT2D eigenvalue weighted by molar-refractivity contribution is 5.80. The number of ketones is 1. The molecule has 3 nitrogen and oxygen atoms in total. The van der Waals surface area contributed by atoms with E-state index in [-0.39, 0.29) is 5.41 Å². The molecule has 0 saturated carbocycles. The summed E-state index contributed by atoms with van der Waals surface area (Å²) >= 11 is 0. The summed E-state index contributed by atoms with van der Waals surface area (Å²) in [5.74, 6) is 0.620. The Balaban J connectivity index is 1.70. The molecule has 0 N–H and O–H groups in total. The maximum Gasteiger partial charge on any atom is 0.222 e. The Morgan fingerprint density at radius 2 is 1.83 bits per heavy atom. The molecule has 0 aliphatic carbocycles. The van der Waals surface area contributed by atoms with Crippen LogP contribution in [0.5, 0.6) is 0 Å². The van der Waals surface area contributed by atoms with Crippen molar-refractivity contribution in [2.45, 2.75) is 70.6 Å². The van der Waals surface area contributed by atoms with E-state index < -0.39 is 0 Å². The number of unbranched alkanes of at least 4 members (excludes halogenated alkanes) is 1. The molecule has 0 spiro atoms. The molecular formula is C21H31NO2. The minimum Gasteiger partial charge on any atom is -0.343 e. The zero-order valence-corrected chi connectivity index (χ0v) is 15.2. The summed E-state index contributed by atoms with van der Waals surface area (Å²) in [5, 5.41) is 0. The molecule has 1 saturated heterocycles. The highest BCUT2D eigenvalue weighted by Crippen LogP contribution is 2.27. The molecule has 0 unspecified atom stereocenters. The second-order valence-electron chi connectivity index (χ2n) is 7.61. The highest BCUT2D eigenvalue weighted by atomic mass is 16.2. The van der Waals surface area contributed by atoms with E-state index in [0.29, 0.717) is 31.0 Å². The predicted molar refractivity (Wildman–Crippen MR) is 98.0 cm³/mol. The molecule has 0 bridgehead atoms. The lowest BCUT2D eigenvalue weighted by molar-refractivity contribution is -0.130. The lowest BCUT2D eigenvalue weighted by atomic mass is 9.79. The third-order valence-corrected chi connectivity index (χ3v) is 5.00. The van der Waals surface area contributed by atoms with Crippen molar-refractivity contribution in [3.63, 3.8) is 0 Å². The smallest absolute Gasteiger partial charge is 0.222 e. The average molecular weight is 329 g/mol. The molecule has 1 aromatic carbocycles. The second-order valence-corrected chi connectivity index (χ2v) is 7.61. The van der Waals surface area contributed by atoms with Crippen LogP contribution in [0.3, 0.4) is 0 Å². The first-order chi connectivity index (χ1) is 11.5. The summed E-state index contributed by atoms with van der Waals surface area (Å²) in [6, 6.07) is 10.3. The van der Waals surface area contributed by atoms with Gasteiger partial charge in [0.15, 0.2) is 0 Å². The molecule has 1 aromatic rings. The van der Waals surface area contributed by atoms with E-state index in [4.69, 9.17) is 0 Å². The Bertz CT molecular complexity index is 536. The quantitative estimate of drug-likeness (QED) is 0.659. The number of nitrogens with zero attached hydrogens (tertiary/aromatic N) is 1. The molecule has 2 rings (SSSR count). The largest absolute Gasteiger partial charge is 0.343 e. The Morgan fingerprint density at radius 1 is 1.08 bits per heavy atom. The van der Waals surface area contributed by atoms with Crippen LogP contribution in [0.2, 0.25) is 0 Å². The molecule has 1 aliphatic rings. The van der Waals surface area contributed by atoms with Gasteiger partial charge in [-0.1, -0.05) is 50.6 Å². The van der Waals surface area contributed by atoms with Gasteiger partial charge in [-0.3, -0.25) is 9.59 Å². The van der Waals surface area contributed by atoms with E-state index in [1.54, 1.807) is 0 Å². The Kier molecular flexibility index (Phi) is 7.01. The standard InChI is InChI=1S/C21H31NO2/c1-21(2,18-11-5-3-6-12-18)17-19(23)13-8-10-16-22-15-9-4-7-14-20(22)24/h3,5-6,11-12H,4,7-10,13-17H2,1-2H3. The number of hydrogen-bond donors (Lipinski definition) is 0. The van der Waals surface area contributed by atoms with E-state index >= 15 is 0 Å². The van der Waals surface area contributed by atoms with Crippen molar-refractivity contribution in [2.75, 3.05) is 13.1 Å². The van der Waals surface area contributed by atoms with Gasteiger partial charge < -0.3 is 4.90 Å². The van der Waals surface area contributed by atoms with Crippen molar-refractivity contribution in [3.8, 4) is 0 Å². The third-order valence-electron chi connectivity index (χ3n) is 5.00. The maximum absolute atomic E-state index is 12.3. The van der Waals surface area contributed by atoms with Gasteiger partial charge in [0.25, 0.3) is 0 Å². The van der Waals surface area contributed by atoms with Gasteiger partial charge in [-0.15, -0.1) is 0 Å². The van der Waals surface area contributed by atoms with Crippen LogP contribution in [0.1, 0.15) is 70.8 Å². The normalized spacial score (nSPS) is 16.1. The zero-order valence-electron chi connectivity index (χ0n) is 15.2. The van der Waals surface area contributed by atoms with Crippen LogP contribution < -0.4 is 0 Å². The molecule has 24 heavy (non-hydrogen) atoms. The molecule has 1 aliphatic heterocycles. The SMILES string of the molecule is CC(C)(CC(=O)CCCCN1CCCCCC1=O)c1ccccc1. The molecule has 3 heteroatoms. The van der Waals surface area contributed by atoms with Crippen molar-refractivity contribution >= 4 is 11.7 Å². The number of carbonyl (C=O) groups excluding carboxylic acids is 2. The fourth-order valence-electron chi connectivity index (χ4n) is 3.47. The van der Waals surface area contributed by atoms with Crippen LogP contribution in [-0.4, -0.2) is 29.7 Å². The summed E-state index contributed by atoms with van der Waals surface area (Å²) in [6.45, 7) is 5.98. The number of Topliss-reactive ketones (excluding diaryl/α,β-unsaturated/α-hetero) is 1. The second kappa shape index (κ2) is 9.00. The van der Waals surface area contributed by atoms with Crippen LogP contribution in [0.4, 0.5) is 0 Å². The molecule has 1 amide bonds. The Labute approximate surface area is 146 Å². The minimum absolute atomic E-state index is 0.112. The monoisotopic (exact) mass is 329 g/mol. The topological polar surface area (TPSA) is 37.4 Å². The zero-order chi connectivity index (χ0) is 17.4. The first-order valence-corrected chi connectivity index (χ1v) is 9.34. The number of amides is 1. The van der Waals surface area contributed by atoms with Crippen LogP contribution in [0.25, 0.3) is 0 Å². The maximum atomic E-state index is 12.3. The van der Waals surface area contributed by atoms with E-state index in [9.17, 15) is 9.59 Å². The van der Waals surface area contributed by atoms with Gasteiger partial charge in [0.2, 0.25) is 5.91 Å². The Hall–Kier alpha value is -1.64. The number of rotatable bonds is 8. The molecular weight excluding hydrogens is 298 g/mol. The van der Waals surface area contributed by atoms with Crippen molar-refractivity contribution in [1.29, 1.82) is 0 Å². The molecule has 132 valence electrons. The Morgan fingerprint density at radius 3 is 2.58 bits per heavy atom. The first kappa shape index (κ1) is 18.7. The summed E-state index contributed by atoms with van der Waals surface area (Å²) < 4.78 is 0. The average Bonchev–Trinajstić information content (AvgIpc) is 2.76. The fraction of sp³-hybridized carbons (Fsp3) is 0.619. The molecule has 0 aromatic heterocycles. The van der Waals surface area contributed by atoms with E-state index in [0.717, 1.165) is 45.2 Å². The van der Waals surface area contributed by atoms with Crippen molar-refractivity contribution in [1.82, 2.24) is 4.90 Å². The molecule has 0 radical (unpaired) electrons. The minimum atomic E-state index is -0.112. The summed E-state index contributed by atoms with van der Waals surface area (Å²) in [5.41, 5.74) is 1.10. The van der Waals surface area contributed by atoms with Gasteiger partial charge in [-0.2, -0.15) is 0 Å². The van der Waals surface area contributed by atoms with Crippen LogP contribution in [0.15, 0.2) is 30.3 Å². The fourth-order valence-corrected chi connectivity index (χ4v) is 3.47. The van der Waals surface area contributed by atoms with Gasteiger partial charge in [0.1, 0.15) is 5.78 Å². The predicted octanol–water partition coefficient (Wildman–Crippen LogP) is 4.50. The van der Waals surface area contributed by atoms with E-state index in [1.807, 2.05) is 23.1 Å². The van der Waals surface area contributed by atoms with Gasteiger partial charge in [-0.05, 0) is 36.7 Å². The molecule has 0 atom stereocenters. The lowest BCUT2D eigenvalue weighted by Gasteiger charge is -2.24. The summed E-state index contributed by atoms with van der Waals surface area (Å²) in [7, 11) is 0.